The maximum absolute atomic E-state index is 11.8. The van der Waals surface area contributed by atoms with Crippen molar-refractivity contribution in [3.05, 3.63) is 23.7 Å². The van der Waals surface area contributed by atoms with Crippen LogP contribution in [0.4, 0.5) is 0 Å². The minimum Gasteiger partial charge on any atom is -0.469 e. The first-order chi connectivity index (χ1) is 7.50. The van der Waals surface area contributed by atoms with Gasteiger partial charge in [-0.3, -0.25) is 4.79 Å². The second-order valence-corrected chi connectivity index (χ2v) is 4.86. The Morgan fingerprint density at radius 1 is 1.56 bits per heavy atom. The van der Waals surface area contributed by atoms with Gasteiger partial charge in [-0.15, -0.1) is 11.6 Å². The molecular weight excluding hydrogens is 226 g/mol. The summed E-state index contributed by atoms with van der Waals surface area (Å²) in [7, 11) is 0. The van der Waals surface area contributed by atoms with Crippen LogP contribution in [-0.4, -0.2) is 18.3 Å². The first-order valence-electron chi connectivity index (χ1n) is 5.40. The quantitative estimate of drug-likeness (QED) is 0.808. The van der Waals surface area contributed by atoms with Gasteiger partial charge < -0.3 is 9.73 Å². The molecule has 90 valence electrons. The number of hydrogen-bond donors (Lipinski definition) is 1. The highest BCUT2D eigenvalue weighted by Gasteiger charge is 2.19. The van der Waals surface area contributed by atoms with E-state index in [2.05, 4.69) is 5.32 Å². The molecule has 0 bridgehead atoms. The van der Waals surface area contributed by atoms with Gasteiger partial charge in [0.25, 0.3) is 5.91 Å². The van der Waals surface area contributed by atoms with Crippen molar-refractivity contribution in [2.24, 2.45) is 5.41 Å². The molecule has 0 spiro atoms. The standard InChI is InChI=1S/C12H18ClNO2/c1-4-10-9(5-6-16-10)11(15)14-8-12(2,3)7-13/h5-6H,4,7-8H2,1-3H3,(H,14,15). The Kier molecular flexibility index (Phi) is 4.42. The van der Waals surface area contributed by atoms with E-state index in [1.807, 2.05) is 20.8 Å². The van der Waals surface area contributed by atoms with Gasteiger partial charge >= 0.3 is 0 Å². The highest BCUT2D eigenvalue weighted by molar-refractivity contribution is 6.18. The number of halogens is 1. The summed E-state index contributed by atoms with van der Waals surface area (Å²) < 4.78 is 5.21. The highest BCUT2D eigenvalue weighted by Crippen LogP contribution is 2.16. The molecule has 0 aliphatic carbocycles. The largest absolute Gasteiger partial charge is 0.469 e. The molecule has 3 nitrogen and oxygen atoms in total. The van der Waals surface area contributed by atoms with Crippen LogP contribution in [0, 0.1) is 5.41 Å². The molecule has 0 radical (unpaired) electrons. The highest BCUT2D eigenvalue weighted by atomic mass is 35.5. The fourth-order valence-corrected chi connectivity index (χ4v) is 1.37. The molecule has 0 aromatic carbocycles. The van der Waals surface area contributed by atoms with Crippen LogP contribution in [0.2, 0.25) is 0 Å². The van der Waals surface area contributed by atoms with Crippen LogP contribution in [-0.2, 0) is 6.42 Å². The predicted octanol–water partition coefficient (Wildman–Crippen LogP) is 2.84. The van der Waals surface area contributed by atoms with Crippen molar-refractivity contribution >= 4 is 17.5 Å². The van der Waals surface area contributed by atoms with E-state index in [1.54, 1.807) is 12.3 Å². The summed E-state index contributed by atoms with van der Waals surface area (Å²) in [6.45, 7) is 6.54. The second-order valence-electron chi connectivity index (χ2n) is 4.59. The van der Waals surface area contributed by atoms with Crippen LogP contribution >= 0.6 is 11.6 Å². The van der Waals surface area contributed by atoms with E-state index in [1.165, 1.54) is 0 Å². The molecule has 4 heteroatoms. The zero-order valence-electron chi connectivity index (χ0n) is 9.97. The molecule has 0 atom stereocenters. The van der Waals surface area contributed by atoms with E-state index >= 15 is 0 Å². The maximum atomic E-state index is 11.8. The van der Waals surface area contributed by atoms with E-state index in [0.29, 0.717) is 24.4 Å². The van der Waals surface area contributed by atoms with E-state index < -0.39 is 0 Å². The summed E-state index contributed by atoms with van der Waals surface area (Å²) in [5.41, 5.74) is 0.528. The average molecular weight is 244 g/mol. The molecule has 1 N–H and O–H groups in total. The van der Waals surface area contributed by atoms with Crippen molar-refractivity contribution in [2.45, 2.75) is 27.2 Å². The van der Waals surface area contributed by atoms with E-state index in [-0.39, 0.29) is 11.3 Å². The van der Waals surface area contributed by atoms with Gasteiger partial charge in [0.1, 0.15) is 5.76 Å². The molecule has 1 aromatic heterocycles. The lowest BCUT2D eigenvalue weighted by Gasteiger charge is -2.21. The molecule has 0 unspecified atom stereocenters. The number of rotatable bonds is 5. The second kappa shape index (κ2) is 5.39. The van der Waals surface area contributed by atoms with E-state index in [4.69, 9.17) is 16.0 Å². The molecule has 16 heavy (non-hydrogen) atoms. The monoisotopic (exact) mass is 243 g/mol. The first-order valence-corrected chi connectivity index (χ1v) is 5.94. The van der Waals surface area contributed by atoms with Gasteiger partial charge in [-0.25, -0.2) is 0 Å². The topological polar surface area (TPSA) is 42.2 Å². The van der Waals surface area contributed by atoms with Crippen LogP contribution in [0.1, 0.15) is 36.9 Å². The predicted molar refractivity (Wildman–Crippen MR) is 64.9 cm³/mol. The van der Waals surface area contributed by atoms with Gasteiger partial charge in [-0.1, -0.05) is 20.8 Å². The SMILES string of the molecule is CCc1occc1C(=O)NCC(C)(C)CCl. The number of amides is 1. The van der Waals surface area contributed by atoms with Crippen LogP contribution in [0.5, 0.6) is 0 Å². The molecular formula is C12H18ClNO2. The smallest absolute Gasteiger partial charge is 0.254 e. The van der Waals surface area contributed by atoms with Gasteiger partial charge in [-0.05, 0) is 11.5 Å². The Morgan fingerprint density at radius 3 is 2.81 bits per heavy atom. The fourth-order valence-electron chi connectivity index (χ4n) is 1.28. The lowest BCUT2D eigenvalue weighted by molar-refractivity contribution is 0.0938. The number of nitrogens with one attached hydrogen (secondary N) is 1. The van der Waals surface area contributed by atoms with Gasteiger partial charge in [0.2, 0.25) is 0 Å². The minimum absolute atomic E-state index is 0.0900. The Bertz CT molecular complexity index is 358. The third-order valence-corrected chi connectivity index (χ3v) is 3.12. The van der Waals surface area contributed by atoms with Gasteiger partial charge in [0, 0.05) is 18.8 Å². The number of aryl methyl sites for hydroxylation is 1. The maximum Gasteiger partial charge on any atom is 0.254 e. The zero-order valence-corrected chi connectivity index (χ0v) is 10.7. The van der Waals surface area contributed by atoms with Crippen LogP contribution in [0.3, 0.4) is 0 Å². The molecule has 1 amide bonds. The van der Waals surface area contributed by atoms with Crippen molar-refractivity contribution in [3.63, 3.8) is 0 Å². The van der Waals surface area contributed by atoms with Gasteiger partial charge in [-0.2, -0.15) is 0 Å². The molecule has 0 aliphatic heterocycles. The summed E-state index contributed by atoms with van der Waals surface area (Å²) >= 11 is 5.79. The molecule has 0 fully saturated rings. The van der Waals surface area contributed by atoms with Crippen LogP contribution < -0.4 is 5.32 Å². The summed E-state index contributed by atoms with van der Waals surface area (Å²) in [6, 6.07) is 1.70. The third-order valence-electron chi connectivity index (χ3n) is 2.40. The third kappa shape index (κ3) is 3.27. The van der Waals surface area contributed by atoms with Crippen molar-refractivity contribution in [2.75, 3.05) is 12.4 Å². The molecule has 0 aliphatic rings. The summed E-state index contributed by atoms with van der Waals surface area (Å²) in [5, 5.41) is 2.87. The number of carbonyl (C=O) groups is 1. The number of carbonyl (C=O) groups excluding carboxylic acids is 1. The Labute approximate surface area is 101 Å². The van der Waals surface area contributed by atoms with E-state index in [0.717, 1.165) is 5.76 Å². The van der Waals surface area contributed by atoms with Crippen LogP contribution in [0.15, 0.2) is 16.7 Å². The van der Waals surface area contributed by atoms with Gasteiger partial charge in [0.05, 0.1) is 11.8 Å². The zero-order chi connectivity index (χ0) is 12.2. The van der Waals surface area contributed by atoms with Gasteiger partial charge in [0.15, 0.2) is 0 Å². The Balaban J connectivity index is 2.60. The van der Waals surface area contributed by atoms with Crippen molar-refractivity contribution in [3.8, 4) is 0 Å². The lowest BCUT2D eigenvalue weighted by Crippen LogP contribution is -2.35. The first kappa shape index (κ1) is 13.1. The summed E-state index contributed by atoms with van der Waals surface area (Å²) in [5.74, 6) is 1.14. The van der Waals surface area contributed by atoms with E-state index in [9.17, 15) is 4.79 Å². The lowest BCUT2D eigenvalue weighted by atomic mass is 9.96. The number of alkyl halides is 1. The van der Waals surface area contributed by atoms with Crippen molar-refractivity contribution in [1.82, 2.24) is 5.32 Å². The molecule has 0 saturated heterocycles. The molecule has 1 aromatic rings. The normalized spacial score (nSPS) is 11.5. The molecule has 0 saturated carbocycles. The Hall–Kier alpha value is -0.960. The average Bonchev–Trinajstić information content (AvgIpc) is 2.74. The minimum atomic E-state index is -0.0937. The van der Waals surface area contributed by atoms with Crippen molar-refractivity contribution < 1.29 is 9.21 Å². The number of hydrogen-bond acceptors (Lipinski definition) is 2. The van der Waals surface area contributed by atoms with Crippen LogP contribution in [0.25, 0.3) is 0 Å². The number of furan rings is 1. The van der Waals surface area contributed by atoms with Crippen molar-refractivity contribution in [1.29, 1.82) is 0 Å². The molecule has 1 heterocycles. The summed E-state index contributed by atoms with van der Waals surface area (Å²) in [6.07, 6.45) is 2.26. The fraction of sp³-hybridized carbons (Fsp3) is 0.583. The molecule has 1 rings (SSSR count). The summed E-state index contributed by atoms with van der Waals surface area (Å²) in [4.78, 5) is 11.8. The Morgan fingerprint density at radius 2 is 2.25 bits per heavy atom.